The highest BCUT2D eigenvalue weighted by Gasteiger charge is 2.30. The summed E-state index contributed by atoms with van der Waals surface area (Å²) in [6.07, 6.45) is 2.17. The molecule has 22 heavy (non-hydrogen) atoms. The quantitative estimate of drug-likeness (QED) is 0.848. The molecular weight excluding hydrogens is 280 g/mol. The molecule has 3 N–H and O–H groups in total. The molecule has 6 nitrogen and oxygen atoms in total. The second kappa shape index (κ2) is 5.05. The number of carbonyl (C=O) groups excluding carboxylic acids is 1. The van der Waals surface area contributed by atoms with Crippen molar-refractivity contribution < 1.29 is 9.53 Å². The minimum Gasteiger partial charge on any atom is -0.443 e. The molecule has 0 saturated carbocycles. The van der Waals surface area contributed by atoms with Crippen molar-refractivity contribution in [2.24, 2.45) is 0 Å². The lowest BCUT2D eigenvalue weighted by Gasteiger charge is -2.24. The lowest BCUT2D eigenvalue weighted by molar-refractivity contribution is 0.0584. The van der Waals surface area contributed by atoms with Crippen LogP contribution >= 0.6 is 0 Å². The van der Waals surface area contributed by atoms with E-state index in [2.05, 4.69) is 10.2 Å². The Morgan fingerprint density at radius 3 is 2.77 bits per heavy atom. The highest BCUT2D eigenvalue weighted by atomic mass is 16.6. The Hall–Kier alpha value is -2.50. The number of ether oxygens (including phenoxy) is 1. The van der Waals surface area contributed by atoms with E-state index in [1.165, 1.54) is 0 Å². The number of aromatic nitrogens is 2. The van der Waals surface area contributed by atoms with E-state index < -0.39 is 5.60 Å². The van der Waals surface area contributed by atoms with Gasteiger partial charge in [0.25, 0.3) is 0 Å². The van der Waals surface area contributed by atoms with E-state index in [9.17, 15) is 4.79 Å². The fourth-order valence-corrected chi connectivity index (χ4v) is 2.70. The molecule has 0 saturated heterocycles. The molecule has 0 atom stereocenters. The van der Waals surface area contributed by atoms with Crippen molar-refractivity contribution in [3.8, 4) is 11.1 Å². The first kappa shape index (κ1) is 14.4. The lowest BCUT2D eigenvalue weighted by atomic mass is 10.00. The summed E-state index contributed by atoms with van der Waals surface area (Å²) < 4.78 is 5.48. The van der Waals surface area contributed by atoms with Crippen molar-refractivity contribution in [2.45, 2.75) is 32.8 Å². The van der Waals surface area contributed by atoms with Crippen LogP contribution in [0.25, 0.3) is 11.1 Å². The fraction of sp³-hybridized carbons (Fsp3) is 0.375. The number of H-pyrrole nitrogens is 1. The van der Waals surface area contributed by atoms with Gasteiger partial charge in [0.2, 0.25) is 0 Å². The Morgan fingerprint density at radius 1 is 1.36 bits per heavy atom. The van der Waals surface area contributed by atoms with Crippen molar-refractivity contribution >= 4 is 17.6 Å². The van der Waals surface area contributed by atoms with Crippen LogP contribution in [0.5, 0.6) is 0 Å². The van der Waals surface area contributed by atoms with E-state index >= 15 is 0 Å². The average molecular weight is 300 g/mol. The summed E-state index contributed by atoms with van der Waals surface area (Å²) in [6.45, 7) is 6.21. The maximum Gasteiger partial charge on any atom is 0.414 e. The third-order valence-electron chi connectivity index (χ3n) is 3.60. The van der Waals surface area contributed by atoms with E-state index in [1.54, 1.807) is 11.1 Å². The number of nitrogen functional groups attached to an aromatic ring is 1. The molecule has 0 fully saturated rings. The number of amides is 1. The molecule has 0 radical (unpaired) electrons. The molecule has 0 unspecified atom stereocenters. The number of rotatable bonds is 1. The number of aromatic amines is 1. The van der Waals surface area contributed by atoms with Crippen LogP contribution in [0.2, 0.25) is 0 Å². The van der Waals surface area contributed by atoms with Crippen LogP contribution < -0.4 is 10.6 Å². The van der Waals surface area contributed by atoms with Gasteiger partial charge >= 0.3 is 6.09 Å². The first-order valence-electron chi connectivity index (χ1n) is 7.28. The Bertz CT molecular complexity index is 715. The van der Waals surface area contributed by atoms with Crippen LogP contribution in [0.15, 0.2) is 24.4 Å². The number of nitrogens with zero attached hydrogens (tertiary/aromatic N) is 2. The van der Waals surface area contributed by atoms with Gasteiger partial charge in [0, 0.05) is 12.1 Å². The molecule has 1 aromatic heterocycles. The van der Waals surface area contributed by atoms with Crippen LogP contribution in [-0.2, 0) is 11.2 Å². The third-order valence-corrected chi connectivity index (χ3v) is 3.60. The van der Waals surface area contributed by atoms with Gasteiger partial charge in [0.15, 0.2) is 0 Å². The predicted octanol–water partition coefficient (Wildman–Crippen LogP) is 2.96. The van der Waals surface area contributed by atoms with Gasteiger partial charge in [-0.15, -0.1) is 0 Å². The number of hydrogen-bond acceptors (Lipinski definition) is 4. The van der Waals surface area contributed by atoms with E-state index in [4.69, 9.17) is 10.5 Å². The maximum absolute atomic E-state index is 12.3. The number of carbonyl (C=O) groups is 1. The van der Waals surface area contributed by atoms with Crippen molar-refractivity contribution in [3.05, 3.63) is 30.0 Å². The van der Waals surface area contributed by atoms with Gasteiger partial charge in [-0.05, 0) is 44.4 Å². The predicted molar refractivity (Wildman–Crippen MR) is 85.7 cm³/mol. The number of nitrogens with one attached hydrogen (secondary N) is 1. The van der Waals surface area contributed by atoms with Gasteiger partial charge in [0.1, 0.15) is 11.4 Å². The molecule has 0 bridgehead atoms. The van der Waals surface area contributed by atoms with Gasteiger partial charge in [-0.1, -0.05) is 12.1 Å². The van der Waals surface area contributed by atoms with Crippen molar-refractivity contribution in [2.75, 3.05) is 17.2 Å². The minimum atomic E-state index is -0.508. The van der Waals surface area contributed by atoms with Gasteiger partial charge in [-0.3, -0.25) is 10.00 Å². The zero-order valence-corrected chi connectivity index (χ0v) is 13.0. The van der Waals surface area contributed by atoms with E-state index in [0.717, 1.165) is 28.8 Å². The van der Waals surface area contributed by atoms with Gasteiger partial charge in [-0.25, -0.2) is 4.79 Å². The third kappa shape index (κ3) is 2.52. The Morgan fingerprint density at radius 2 is 2.14 bits per heavy atom. The zero-order chi connectivity index (χ0) is 15.9. The van der Waals surface area contributed by atoms with Crippen LogP contribution in [0.1, 0.15) is 26.3 Å². The van der Waals surface area contributed by atoms with Gasteiger partial charge in [-0.2, -0.15) is 5.10 Å². The highest BCUT2D eigenvalue weighted by Crippen LogP contribution is 2.38. The molecule has 2 heterocycles. The molecule has 0 aliphatic carbocycles. The number of nitrogens with two attached hydrogens (primary N) is 1. The topological polar surface area (TPSA) is 84.2 Å². The first-order valence-corrected chi connectivity index (χ1v) is 7.28. The fourth-order valence-electron chi connectivity index (χ4n) is 2.70. The molecule has 0 spiro atoms. The molecule has 1 aliphatic heterocycles. The highest BCUT2D eigenvalue weighted by molar-refractivity contribution is 5.93. The molecule has 1 aromatic carbocycles. The summed E-state index contributed by atoms with van der Waals surface area (Å²) in [4.78, 5) is 14.0. The second-order valence-corrected chi connectivity index (χ2v) is 6.38. The average Bonchev–Trinajstić information content (AvgIpc) is 3.02. The molecule has 1 aliphatic rings. The summed E-state index contributed by atoms with van der Waals surface area (Å²) in [5.74, 6) is 0.532. The van der Waals surface area contributed by atoms with Gasteiger partial charge in [0.05, 0.1) is 11.9 Å². The number of anilines is 2. The van der Waals surface area contributed by atoms with E-state index in [-0.39, 0.29) is 6.09 Å². The van der Waals surface area contributed by atoms with Crippen LogP contribution in [-0.4, -0.2) is 28.4 Å². The van der Waals surface area contributed by atoms with E-state index in [1.807, 2.05) is 39.0 Å². The van der Waals surface area contributed by atoms with Crippen LogP contribution in [0, 0.1) is 0 Å². The lowest BCUT2D eigenvalue weighted by Crippen LogP contribution is -2.35. The summed E-state index contributed by atoms with van der Waals surface area (Å²) in [6, 6.07) is 5.86. The van der Waals surface area contributed by atoms with Crippen LogP contribution in [0.4, 0.5) is 16.3 Å². The Balaban J connectivity index is 1.96. The van der Waals surface area contributed by atoms with E-state index in [0.29, 0.717) is 12.4 Å². The maximum atomic E-state index is 12.3. The first-order chi connectivity index (χ1) is 10.4. The molecule has 1 amide bonds. The second-order valence-electron chi connectivity index (χ2n) is 6.38. The molecule has 2 aromatic rings. The van der Waals surface area contributed by atoms with Gasteiger partial charge < -0.3 is 10.5 Å². The SMILES string of the molecule is CC(C)(C)OC(=O)N1CCc2c(-c3cn[nH]c3N)cccc21. The summed E-state index contributed by atoms with van der Waals surface area (Å²) in [7, 11) is 0. The van der Waals surface area contributed by atoms with Crippen molar-refractivity contribution in [1.82, 2.24) is 10.2 Å². The Labute approximate surface area is 129 Å². The number of fused-ring (bicyclic) bond motifs is 1. The Kier molecular flexibility index (Phi) is 3.31. The number of benzene rings is 1. The largest absolute Gasteiger partial charge is 0.443 e. The summed E-state index contributed by atoms with van der Waals surface area (Å²) in [5.41, 5.74) is 9.27. The number of hydrogen-bond donors (Lipinski definition) is 2. The monoisotopic (exact) mass is 300 g/mol. The van der Waals surface area contributed by atoms with Crippen LogP contribution in [0.3, 0.4) is 0 Å². The molecule has 3 rings (SSSR count). The minimum absolute atomic E-state index is 0.316. The standard InChI is InChI=1S/C16H20N4O2/c1-16(2,3)22-15(21)20-8-7-11-10(5-4-6-13(11)20)12-9-18-19-14(12)17/h4-6,9H,7-8H2,1-3H3,(H3,17,18,19). The zero-order valence-electron chi connectivity index (χ0n) is 13.0. The smallest absolute Gasteiger partial charge is 0.414 e. The molecule has 116 valence electrons. The van der Waals surface area contributed by atoms with Crippen molar-refractivity contribution in [3.63, 3.8) is 0 Å². The summed E-state index contributed by atoms with van der Waals surface area (Å²) >= 11 is 0. The molecule has 6 heteroatoms. The molecular formula is C16H20N4O2. The van der Waals surface area contributed by atoms with Crippen molar-refractivity contribution in [1.29, 1.82) is 0 Å². The normalized spacial score (nSPS) is 14.0. The summed E-state index contributed by atoms with van der Waals surface area (Å²) in [5, 5.41) is 6.72.